The van der Waals surface area contributed by atoms with Crippen molar-refractivity contribution >= 4 is 11.9 Å². The normalized spacial score (nSPS) is 20.1. The van der Waals surface area contributed by atoms with Crippen LogP contribution in [0.15, 0.2) is 4.99 Å². The molecular formula is C21H42N6O2. The van der Waals surface area contributed by atoms with E-state index in [1.165, 1.54) is 38.9 Å². The molecule has 2 rings (SSSR count). The minimum atomic E-state index is 0.0743. The summed E-state index contributed by atoms with van der Waals surface area (Å²) in [5.41, 5.74) is 0. The van der Waals surface area contributed by atoms with E-state index in [4.69, 9.17) is 9.73 Å². The number of piperidine rings is 1. The molecule has 2 fully saturated rings. The van der Waals surface area contributed by atoms with E-state index in [1.54, 1.807) is 7.11 Å². The highest BCUT2D eigenvalue weighted by Crippen LogP contribution is 2.20. The first-order chi connectivity index (χ1) is 14.2. The predicted octanol–water partition coefficient (Wildman–Crippen LogP) is 0.454. The lowest BCUT2D eigenvalue weighted by Gasteiger charge is -2.36. The fourth-order valence-corrected chi connectivity index (χ4v) is 4.04. The van der Waals surface area contributed by atoms with E-state index in [2.05, 4.69) is 39.2 Å². The third-order valence-corrected chi connectivity index (χ3v) is 5.96. The van der Waals surface area contributed by atoms with Crippen molar-refractivity contribution < 1.29 is 9.53 Å². The van der Waals surface area contributed by atoms with Gasteiger partial charge in [-0.15, -0.1) is 0 Å². The number of carbonyl (C=O) groups is 1. The van der Waals surface area contributed by atoms with Crippen LogP contribution >= 0.6 is 0 Å². The van der Waals surface area contributed by atoms with E-state index in [-0.39, 0.29) is 5.91 Å². The smallest absolute Gasteiger partial charge is 0.234 e. The van der Waals surface area contributed by atoms with Crippen molar-refractivity contribution in [3.05, 3.63) is 0 Å². The molecule has 0 aromatic carbocycles. The molecular weight excluding hydrogens is 368 g/mol. The second-order valence-electron chi connectivity index (χ2n) is 8.01. The number of hydrogen-bond donors (Lipinski definition) is 2. The Morgan fingerprint density at radius 2 is 1.76 bits per heavy atom. The number of rotatable bonds is 10. The summed E-state index contributed by atoms with van der Waals surface area (Å²) in [6.07, 6.45) is 3.81. The van der Waals surface area contributed by atoms with Crippen molar-refractivity contribution in [3.63, 3.8) is 0 Å². The number of nitrogens with one attached hydrogen (secondary N) is 2. The molecule has 0 unspecified atom stereocenters. The summed E-state index contributed by atoms with van der Waals surface area (Å²) in [5.74, 6) is 1.92. The molecule has 0 aliphatic carbocycles. The highest BCUT2D eigenvalue weighted by Gasteiger charge is 2.22. The number of piperazine rings is 1. The summed E-state index contributed by atoms with van der Waals surface area (Å²) in [7, 11) is 1.64. The quantitative estimate of drug-likeness (QED) is 0.310. The van der Waals surface area contributed by atoms with Gasteiger partial charge in [-0.2, -0.15) is 0 Å². The molecule has 0 aromatic rings. The van der Waals surface area contributed by atoms with Crippen LogP contribution in [0, 0.1) is 5.92 Å². The average Bonchev–Trinajstić information content (AvgIpc) is 2.74. The first-order valence-corrected chi connectivity index (χ1v) is 11.4. The van der Waals surface area contributed by atoms with Gasteiger partial charge in [0.25, 0.3) is 0 Å². The molecule has 0 saturated carbocycles. The summed E-state index contributed by atoms with van der Waals surface area (Å²) >= 11 is 0. The zero-order valence-corrected chi connectivity index (χ0v) is 18.8. The van der Waals surface area contributed by atoms with Crippen LogP contribution in [0.5, 0.6) is 0 Å². The Balaban J connectivity index is 1.71. The lowest BCUT2D eigenvalue weighted by molar-refractivity contribution is -0.122. The predicted molar refractivity (Wildman–Crippen MR) is 118 cm³/mol. The second-order valence-corrected chi connectivity index (χ2v) is 8.01. The van der Waals surface area contributed by atoms with Gasteiger partial charge in [0.15, 0.2) is 5.96 Å². The zero-order chi connectivity index (χ0) is 20.9. The van der Waals surface area contributed by atoms with Crippen molar-refractivity contribution in [3.8, 4) is 0 Å². The molecule has 29 heavy (non-hydrogen) atoms. The fraction of sp³-hybridized carbons (Fsp3) is 0.905. The molecule has 2 N–H and O–H groups in total. The largest absolute Gasteiger partial charge is 0.383 e. The number of guanidine groups is 1. The lowest BCUT2D eigenvalue weighted by atomic mass is 9.94. The van der Waals surface area contributed by atoms with Crippen molar-refractivity contribution in [2.24, 2.45) is 10.9 Å². The van der Waals surface area contributed by atoms with Gasteiger partial charge in [0.05, 0.1) is 13.2 Å². The molecule has 2 aliphatic rings. The Morgan fingerprint density at radius 1 is 1.03 bits per heavy atom. The van der Waals surface area contributed by atoms with Gasteiger partial charge in [0.2, 0.25) is 5.91 Å². The summed E-state index contributed by atoms with van der Waals surface area (Å²) in [5, 5.41) is 6.34. The molecule has 8 nitrogen and oxygen atoms in total. The number of ether oxygens (including phenoxy) is 1. The van der Waals surface area contributed by atoms with Gasteiger partial charge in [0.1, 0.15) is 0 Å². The summed E-state index contributed by atoms with van der Waals surface area (Å²) in [6.45, 7) is 15.0. The van der Waals surface area contributed by atoms with Crippen LogP contribution in [0.1, 0.15) is 33.1 Å². The highest BCUT2D eigenvalue weighted by atomic mass is 16.5. The highest BCUT2D eigenvalue weighted by molar-refractivity contribution is 5.80. The fourth-order valence-electron chi connectivity index (χ4n) is 4.04. The van der Waals surface area contributed by atoms with Crippen LogP contribution in [0.25, 0.3) is 0 Å². The molecule has 0 spiro atoms. The number of amides is 1. The van der Waals surface area contributed by atoms with Crippen LogP contribution in [0.3, 0.4) is 0 Å². The topological polar surface area (TPSA) is 72.4 Å². The van der Waals surface area contributed by atoms with Gasteiger partial charge in [-0.3, -0.25) is 14.7 Å². The van der Waals surface area contributed by atoms with E-state index in [0.717, 1.165) is 51.1 Å². The number of carbonyl (C=O) groups excluding carboxylic acids is 1. The Hall–Kier alpha value is -1.38. The monoisotopic (exact) mass is 410 g/mol. The van der Waals surface area contributed by atoms with Crippen molar-refractivity contribution in [1.29, 1.82) is 0 Å². The minimum Gasteiger partial charge on any atom is -0.383 e. The van der Waals surface area contributed by atoms with Gasteiger partial charge in [0, 0.05) is 52.9 Å². The molecule has 2 saturated heterocycles. The average molecular weight is 411 g/mol. The Bertz CT molecular complexity index is 486. The third kappa shape index (κ3) is 8.88. The third-order valence-electron chi connectivity index (χ3n) is 5.96. The number of hydrogen-bond acceptors (Lipinski definition) is 5. The van der Waals surface area contributed by atoms with Crippen LogP contribution in [-0.2, 0) is 9.53 Å². The van der Waals surface area contributed by atoms with E-state index in [1.807, 2.05) is 0 Å². The summed E-state index contributed by atoms with van der Waals surface area (Å²) in [4.78, 5) is 24.0. The van der Waals surface area contributed by atoms with Crippen LogP contribution < -0.4 is 10.6 Å². The van der Waals surface area contributed by atoms with Crippen LogP contribution in [-0.4, -0.2) is 112 Å². The van der Waals surface area contributed by atoms with Crippen LogP contribution in [0.4, 0.5) is 0 Å². The van der Waals surface area contributed by atoms with Gasteiger partial charge in [-0.1, -0.05) is 6.92 Å². The van der Waals surface area contributed by atoms with E-state index in [0.29, 0.717) is 19.7 Å². The van der Waals surface area contributed by atoms with Crippen molar-refractivity contribution in [2.45, 2.75) is 33.1 Å². The molecule has 2 aliphatic heterocycles. The molecule has 0 aromatic heterocycles. The van der Waals surface area contributed by atoms with Crippen molar-refractivity contribution in [1.82, 2.24) is 25.3 Å². The molecule has 1 amide bonds. The number of likely N-dealkylation sites (tertiary alicyclic amines) is 1. The SMILES string of the molecule is CCNC(=NCCC1CCN(CC)CC1)N1CCN(CC(=O)NCCOC)CC1. The molecule has 2 heterocycles. The summed E-state index contributed by atoms with van der Waals surface area (Å²) in [6, 6.07) is 0. The second kappa shape index (κ2) is 13.8. The Morgan fingerprint density at radius 3 is 2.38 bits per heavy atom. The van der Waals surface area contributed by atoms with E-state index >= 15 is 0 Å². The maximum atomic E-state index is 12.0. The zero-order valence-electron chi connectivity index (χ0n) is 18.8. The molecule has 0 atom stereocenters. The number of aliphatic imine (C=N–C) groups is 1. The number of nitrogens with zero attached hydrogens (tertiary/aromatic N) is 4. The first-order valence-electron chi connectivity index (χ1n) is 11.4. The van der Waals surface area contributed by atoms with Gasteiger partial charge < -0.3 is 25.2 Å². The van der Waals surface area contributed by atoms with Gasteiger partial charge >= 0.3 is 0 Å². The molecule has 168 valence electrons. The molecule has 0 radical (unpaired) electrons. The van der Waals surface area contributed by atoms with Crippen molar-refractivity contribution in [2.75, 3.05) is 85.7 Å². The summed E-state index contributed by atoms with van der Waals surface area (Å²) < 4.78 is 4.97. The maximum Gasteiger partial charge on any atom is 0.234 e. The maximum absolute atomic E-state index is 12.0. The Kier molecular flexibility index (Phi) is 11.3. The first kappa shape index (κ1) is 23.9. The minimum absolute atomic E-state index is 0.0743. The van der Waals surface area contributed by atoms with Gasteiger partial charge in [-0.25, -0.2) is 0 Å². The van der Waals surface area contributed by atoms with E-state index < -0.39 is 0 Å². The Labute approximate surface area is 177 Å². The van der Waals surface area contributed by atoms with E-state index in [9.17, 15) is 4.79 Å². The molecule has 0 bridgehead atoms. The molecule has 8 heteroatoms. The van der Waals surface area contributed by atoms with Gasteiger partial charge in [-0.05, 0) is 51.7 Å². The standard InChI is InChI=1S/C21H42N6O2/c1-4-22-21(24-9-6-19-7-11-25(5-2)12-8-19)27-15-13-26(14-16-27)18-20(28)23-10-17-29-3/h19H,4-18H2,1-3H3,(H,22,24)(H,23,28). The van der Waals surface area contributed by atoms with Crippen LogP contribution in [0.2, 0.25) is 0 Å². The number of methoxy groups -OCH3 is 1. The lowest BCUT2D eigenvalue weighted by Crippen LogP contribution is -2.54.